The molecule has 0 atom stereocenters. The first-order chi connectivity index (χ1) is 9.52. The van der Waals surface area contributed by atoms with E-state index in [1.54, 1.807) is 4.68 Å². The van der Waals surface area contributed by atoms with Crippen LogP contribution in [0.15, 0.2) is 6.20 Å². The van der Waals surface area contributed by atoms with E-state index < -0.39 is 0 Å². The van der Waals surface area contributed by atoms with Gasteiger partial charge in [0.2, 0.25) is 0 Å². The Morgan fingerprint density at radius 2 is 2.00 bits per heavy atom. The largest absolute Gasteiger partial charge is 0.313 e. The molecule has 0 aliphatic carbocycles. The first kappa shape index (κ1) is 15.1. The minimum Gasteiger partial charge on any atom is -0.313 e. The van der Waals surface area contributed by atoms with Gasteiger partial charge >= 0.3 is 0 Å². The maximum atomic E-state index is 6.26. The fourth-order valence-corrected chi connectivity index (χ4v) is 2.46. The zero-order valence-electron chi connectivity index (χ0n) is 12.6. The molecule has 0 bridgehead atoms. The van der Waals surface area contributed by atoms with Gasteiger partial charge in [-0.2, -0.15) is 10.2 Å². The zero-order valence-corrected chi connectivity index (χ0v) is 13.3. The van der Waals surface area contributed by atoms with Gasteiger partial charge in [0.25, 0.3) is 0 Å². The molecule has 2 rings (SSSR count). The van der Waals surface area contributed by atoms with Crippen LogP contribution < -0.4 is 5.32 Å². The quantitative estimate of drug-likeness (QED) is 0.833. The summed E-state index contributed by atoms with van der Waals surface area (Å²) in [7, 11) is 1.85. The Kier molecular flexibility index (Phi) is 4.83. The number of aryl methyl sites for hydroxylation is 3. The number of rotatable bonds is 6. The maximum absolute atomic E-state index is 6.26. The molecule has 0 aromatic carbocycles. The van der Waals surface area contributed by atoms with E-state index in [9.17, 15) is 0 Å². The molecule has 5 nitrogen and oxygen atoms in total. The molecule has 2 aromatic rings. The second kappa shape index (κ2) is 6.41. The number of aromatic nitrogens is 4. The van der Waals surface area contributed by atoms with E-state index in [1.165, 1.54) is 5.56 Å². The molecule has 0 fully saturated rings. The van der Waals surface area contributed by atoms with Crippen LogP contribution in [0.4, 0.5) is 0 Å². The molecule has 0 radical (unpaired) electrons. The lowest BCUT2D eigenvalue weighted by atomic mass is 10.2. The number of hydrogen-bond donors (Lipinski definition) is 1. The molecule has 0 saturated carbocycles. The van der Waals surface area contributed by atoms with Crippen LogP contribution in [0.3, 0.4) is 0 Å². The van der Waals surface area contributed by atoms with Crippen molar-refractivity contribution in [3.05, 3.63) is 33.9 Å². The van der Waals surface area contributed by atoms with Crippen molar-refractivity contribution in [2.24, 2.45) is 7.05 Å². The fraction of sp³-hybridized carbons (Fsp3) is 0.571. The van der Waals surface area contributed by atoms with Crippen LogP contribution in [0.2, 0.25) is 5.15 Å². The summed E-state index contributed by atoms with van der Waals surface area (Å²) < 4.78 is 3.64. The van der Waals surface area contributed by atoms with E-state index in [-0.39, 0.29) is 0 Å². The molecule has 0 amide bonds. The van der Waals surface area contributed by atoms with Gasteiger partial charge in [0.15, 0.2) is 0 Å². The highest BCUT2D eigenvalue weighted by molar-refractivity contribution is 6.30. The summed E-state index contributed by atoms with van der Waals surface area (Å²) in [5.41, 5.74) is 4.28. The second-order valence-corrected chi connectivity index (χ2v) is 5.45. The Morgan fingerprint density at radius 1 is 1.25 bits per heavy atom. The normalized spacial score (nSPS) is 11.2. The van der Waals surface area contributed by atoms with Gasteiger partial charge in [-0.05, 0) is 26.8 Å². The van der Waals surface area contributed by atoms with Gasteiger partial charge in [-0.3, -0.25) is 9.36 Å². The Labute approximate surface area is 124 Å². The molecule has 0 aliphatic heterocycles. The highest BCUT2D eigenvalue weighted by Crippen LogP contribution is 2.20. The van der Waals surface area contributed by atoms with E-state index in [1.807, 2.05) is 25.6 Å². The van der Waals surface area contributed by atoms with Gasteiger partial charge in [-0.25, -0.2) is 0 Å². The smallest absolute Gasteiger partial charge is 0.132 e. The van der Waals surface area contributed by atoms with Crippen LogP contribution in [0.1, 0.15) is 35.9 Å². The fourth-order valence-electron chi connectivity index (χ4n) is 2.23. The van der Waals surface area contributed by atoms with Crippen molar-refractivity contribution in [2.45, 2.75) is 40.3 Å². The summed E-state index contributed by atoms with van der Waals surface area (Å²) in [6, 6.07) is 0. The van der Waals surface area contributed by atoms with E-state index in [2.05, 4.69) is 28.6 Å². The van der Waals surface area contributed by atoms with Gasteiger partial charge in [0, 0.05) is 30.9 Å². The van der Waals surface area contributed by atoms with Crippen molar-refractivity contribution < 1.29 is 0 Å². The molecule has 1 N–H and O–H groups in total. The third kappa shape index (κ3) is 3.22. The number of hydrogen-bond acceptors (Lipinski definition) is 3. The lowest BCUT2D eigenvalue weighted by Crippen LogP contribution is -2.13. The molecule has 2 aromatic heterocycles. The second-order valence-electron chi connectivity index (χ2n) is 5.09. The van der Waals surface area contributed by atoms with Crippen molar-refractivity contribution >= 4 is 11.6 Å². The van der Waals surface area contributed by atoms with Crippen LogP contribution in [0, 0.1) is 13.8 Å². The summed E-state index contributed by atoms with van der Waals surface area (Å²) in [4.78, 5) is 0. The molecule has 0 saturated heterocycles. The molecular weight excluding hydrogens is 274 g/mol. The van der Waals surface area contributed by atoms with Crippen molar-refractivity contribution in [1.29, 1.82) is 0 Å². The summed E-state index contributed by atoms with van der Waals surface area (Å²) in [6.45, 7) is 8.72. The van der Waals surface area contributed by atoms with Gasteiger partial charge in [-0.15, -0.1) is 0 Å². The minimum atomic E-state index is 0.660. The highest BCUT2D eigenvalue weighted by Gasteiger charge is 2.13. The lowest BCUT2D eigenvalue weighted by Gasteiger charge is -2.01. The maximum Gasteiger partial charge on any atom is 0.132 e. The monoisotopic (exact) mass is 295 g/mol. The first-order valence-electron chi connectivity index (χ1n) is 6.94. The molecule has 110 valence electrons. The molecule has 0 aliphatic rings. The Balaban J connectivity index is 2.12. The average Bonchev–Trinajstić information content (AvgIpc) is 2.86. The third-order valence-corrected chi connectivity index (χ3v) is 3.85. The number of nitrogens with zero attached hydrogens (tertiary/aromatic N) is 4. The molecule has 0 spiro atoms. The average molecular weight is 296 g/mol. The molecular formula is C14H22ClN5. The molecule has 6 heteroatoms. The van der Waals surface area contributed by atoms with Crippen molar-refractivity contribution in [1.82, 2.24) is 24.9 Å². The SMILES string of the molecule is CCCNCc1cn(Cc2c(C)nn(C)c2Cl)nc1C. The molecule has 0 unspecified atom stereocenters. The Bertz CT molecular complexity index is 585. The zero-order chi connectivity index (χ0) is 14.7. The van der Waals surface area contributed by atoms with E-state index in [0.29, 0.717) is 11.7 Å². The predicted octanol–water partition coefficient (Wildman–Crippen LogP) is 2.43. The lowest BCUT2D eigenvalue weighted by molar-refractivity contribution is 0.667. The van der Waals surface area contributed by atoms with Gasteiger partial charge in [0.05, 0.1) is 17.9 Å². The van der Waals surface area contributed by atoms with Crippen LogP contribution in [0.25, 0.3) is 0 Å². The first-order valence-corrected chi connectivity index (χ1v) is 7.32. The number of nitrogens with one attached hydrogen (secondary N) is 1. The van der Waals surface area contributed by atoms with Crippen molar-refractivity contribution in [3.8, 4) is 0 Å². The van der Waals surface area contributed by atoms with Crippen molar-refractivity contribution in [3.63, 3.8) is 0 Å². The predicted molar refractivity (Wildman–Crippen MR) is 81.0 cm³/mol. The van der Waals surface area contributed by atoms with E-state index >= 15 is 0 Å². The van der Waals surface area contributed by atoms with Gasteiger partial charge in [0.1, 0.15) is 5.15 Å². The summed E-state index contributed by atoms with van der Waals surface area (Å²) in [5, 5.41) is 13.0. The minimum absolute atomic E-state index is 0.660. The van der Waals surface area contributed by atoms with Gasteiger partial charge in [-0.1, -0.05) is 18.5 Å². The van der Waals surface area contributed by atoms with Crippen LogP contribution in [-0.4, -0.2) is 26.1 Å². The third-order valence-electron chi connectivity index (χ3n) is 3.38. The molecule has 20 heavy (non-hydrogen) atoms. The van der Waals surface area contributed by atoms with E-state index in [0.717, 1.165) is 36.5 Å². The summed E-state index contributed by atoms with van der Waals surface area (Å²) in [6.07, 6.45) is 3.22. The van der Waals surface area contributed by atoms with Crippen molar-refractivity contribution in [2.75, 3.05) is 6.54 Å². The summed E-state index contributed by atoms with van der Waals surface area (Å²) >= 11 is 6.26. The molecule has 2 heterocycles. The Hall–Kier alpha value is -1.33. The van der Waals surface area contributed by atoms with Gasteiger partial charge < -0.3 is 5.32 Å². The standard InChI is InChI=1S/C14H22ClN5/c1-5-6-16-7-12-8-20(18-10(12)2)9-13-11(3)17-19(4)14(13)15/h8,16H,5-7,9H2,1-4H3. The van der Waals surface area contributed by atoms with Crippen LogP contribution in [-0.2, 0) is 20.1 Å². The highest BCUT2D eigenvalue weighted by atomic mass is 35.5. The Morgan fingerprint density at radius 3 is 2.60 bits per heavy atom. The summed E-state index contributed by atoms with van der Waals surface area (Å²) in [5.74, 6) is 0. The van der Waals surface area contributed by atoms with Crippen LogP contribution in [0.5, 0.6) is 0 Å². The topological polar surface area (TPSA) is 47.7 Å². The van der Waals surface area contributed by atoms with Crippen LogP contribution >= 0.6 is 11.6 Å². The van der Waals surface area contributed by atoms with E-state index in [4.69, 9.17) is 11.6 Å². The number of halogens is 1.